The van der Waals surface area contributed by atoms with Crippen molar-refractivity contribution >= 4 is 23.2 Å². The summed E-state index contributed by atoms with van der Waals surface area (Å²) >= 11 is 1.02. The molecule has 0 saturated carbocycles. The van der Waals surface area contributed by atoms with E-state index >= 15 is 0 Å². The number of unbranched alkanes of at least 4 members (excludes halogenated alkanes) is 1. The lowest BCUT2D eigenvalue weighted by Gasteiger charge is -2.15. The summed E-state index contributed by atoms with van der Waals surface area (Å²) in [5, 5.41) is 8.75. The van der Waals surface area contributed by atoms with Crippen LogP contribution in [0.5, 0.6) is 0 Å². The second-order valence-corrected chi connectivity index (χ2v) is 4.63. The molecule has 0 spiro atoms. The van der Waals surface area contributed by atoms with Crippen LogP contribution in [0.4, 0.5) is 0 Å². The number of hydrogen-bond donors (Lipinski definition) is 1. The maximum Gasteiger partial charge on any atom is 0.345 e. The van der Waals surface area contributed by atoms with Crippen molar-refractivity contribution in [3.8, 4) is 0 Å². The molecule has 0 aliphatic rings. The number of nitrogens with zero attached hydrogens (tertiary/aromatic N) is 1. The van der Waals surface area contributed by atoms with E-state index in [1.807, 2.05) is 0 Å². The summed E-state index contributed by atoms with van der Waals surface area (Å²) in [7, 11) is 1.73. The van der Waals surface area contributed by atoms with Crippen molar-refractivity contribution in [1.29, 1.82) is 0 Å². The smallest absolute Gasteiger partial charge is 0.345 e. The topological polar surface area (TPSA) is 57.6 Å². The Bertz CT molecular complexity index is 386. The van der Waals surface area contributed by atoms with Crippen LogP contribution in [0.25, 0.3) is 0 Å². The second-order valence-electron chi connectivity index (χ2n) is 3.55. The zero-order chi connectivity index (χ0) is 12.1. The average molecular weight is 241 g/mol. The van der Waals surface area contributed by atoms with E-state index in [2.05, 4.69) is 6.92 Å². The van der Waals surface area contributed by atoms with Crippen LogP contribution in [0, 0.1) is 0 Å². The number of thiophene rings is 1. The first-order valence-corrected chi connectivity index (χ1v) is 5.96. The monoisotopic (exact) mass is 241 g/mol. The Morgan fingerprint density at radius 3 is 2.50 bits per heavy atom. The molecule has 1 aromatic rings. The van der Waals surface area contributed by atoms with Gasteiger partial charge in [0.2, 0.25) is 0 Å². The lowest BCUT2D eigenvalue weighted by molar-refractivity contribution is 0.0701. The van der Waals surface area contributed by atoms with Gasteiger partial charge in [0.15, 0.2) is 0 Å². The molecule has 0 fully saturated rings. The molecule has 16 heavy (non-hydrogen) atoms. The van der Waals surface area contributed by atoms with Crippen LogP contribution in [0.2, 0.25) is 0 Å². The van der Waals surface area contributed by atoms with E-state index in [4.69, 9.17) is 5.11 Å². The number of carboxylic acids is 1. The Balaban J connectivity index is 2.68. The van der Waals surface area contributed by atoms with Crippen LogP contribution in [-0.2, 0) is 0 Å². The van der Waals surface area contributed by atoms with Crippen molar-refractivity contribution in [3.05, 3.63) is 21.9 Å². The fourth-order valence-corrected chi connectivity index (χ4v) is 2.09. The highest BCUT2D eigenvalue weighted by molar-refractivity contribution is 7.15. The van der Waals surface area contributed by atoms with Crippen LogP contribution in [-0.4, -0.2) is 35.5 Å². The summed E-state index contributed by atoms with van der Waals surface area (Å²) in [6.45, 7) is 2.77. The lowest BCUT2D eigenvalue weighted by atomic mass is 10.3. The molecule has 5 heteroatoms. The van der Waals surface area contributed by atoms with Gasteiger partial charge in [0.25, 0.3) is 5.91 Å². The normalized spacial score (nSPS) is 10.1. The Hall–Kier alpha value is -1.36. The van der Waals surface area contributed by atoms with Gasteiger partial charge >= 0.3 is 5.97 Å². The standard InChI is InChI=1S/C11H15NO3S/c1-3-4-7-12(2)10(13)8-5-6-9(16-8)11(14)15/h5-6H,3-4,7H2,1-2H3,(H,14,15). The number of carbonyl (C=O) groups is 2. The predicted octanol–water partition coefficient (Wildman–Crippen LogP) is 2.32. The fraction of sp³-hybridized carbons (Fsp3) is 0.455. The molecule has 1 heterocycles. The Labute approximate surface area is 98.5 Å². The molecule has 1 rings (SSSR count). The summed E-state index contributed by atoms with van der Waals surface area (Å²) in [6.07, 6.45) is 1.99. The maximum atomic E-state index is 11.8. The lowest BCUT2D eigenvalue weighted by Crippen LogP contribution is -2.26. The molecular formula is C11H15NO3S. The molecule has 0 aromatic carbocycles. The van der Waals surface area contributed by atoms with Gasteiger partial charge in [0.05, 0.1) is 4.88 Å². The van der Waals surface area contributed by atoms with Gasteiger partial charge in [-0.2, -0.15) is 0 Å². The van der Waals surface area contributed by atoms with Gasteiger partial charge in [-0.25, -0.2) is 4.79 Å². The first-order valence-electron chi connectivity index (χ1n) is 5.14. The van der Waals surface area contributed by atoms with E-state index < -0.39 is 5.97 Å². The Morgan fingerprint density at radius 2 is 2.00 bits per heavy atom. The Morgan fingerprint density at radius 1 is 1.38 bits per heavy atom. The summed E-state index contributed by atoms with van der Waals surface area (Å²) in [4.78, 5) is 24.8. The van der Waals surface area contributed by atoms with Crippen molar-refractivity contribution in [2.24, 2.45) is 0 Å². The van der Waals surface area contributed by atoms with Crippen LogP contribution in [0.3, 0.4) is 0 Å². The molecule has 0 unspecified atom stereocenters. The first-order chi connectivity index (χ1) is 7.56. The van der Waals surface area contributed by atoms with E-state index in [9.17, 15) is 9.59 Å². The Kier molecular flexibility index (Phi) is 4.49. The number of hydrogen-bond acceptors (Lipinski definition) is 3. The fourth-order valence-electron chi connectivity index (χ4n) is 1.25. The van der Waals surface area contributed by atoms with Gasteiger partial charge in [0, 0.05) is 13.6 Å². The minimum Gasteiger partial charge on any atom is -0.477 e. The second kappa shape index (κ2) is 5.65. The molecule has 0 bridgehead atoms. The number of carbonyl (C=O) groups excluding carboxylic acids is 1. The van der Waals surface area contributed by atoms with Gasteiger partial charge < -0.3 is 10.0 Å². The third-order valence-corrected chi connectivity index (χ3v) is 3.28. The summed E-state index contributed by atoms with van der Waals surface area (Å²) in [6, 6.07) is 3.03. The van der Waals surface area contributed by atoms with Crippen molar-refractivity contribution in [1.82, 2.24) is 4.90 Å². The van der Waals surface area contributed by atoms with Crippen LogP contribution < -0.4 is 0 Å². The summed E-state index contributed by atoms with van der Waals surface area (Å²) in [5.41, 5.74) is 0. The molecule has 88 valence electrons. The average Bonchev–Trinajstić information content (AvgIpc) is 2.74. The maximum absolute atomic E-state index is 11.8. The molecular weight excluding hydrogens is 226 g/mol. The molecule has 1 N–H and O–H groups in total. The molecule has 4 nitrogen and oxygen atoms in total. The SMILES string of the molecule is CCCCN(C)C(=O)c1ccc(C(=O)O)s1. The van der Waals surface area contributed by atoms with E-state index in [1.165, 1.54) is 6.07 Å². The van der Waals surface area contributed by atoms with Crippen molar-refractivity contribution in [2.45, 2.75) is 19.8 Å². The molecule has 0 saturated heterocycles. The van der Waals surface area contributed by atoms with Crippen molar-refractivity contribution in [3.63, 3.8) is 0 Å². The first kappa shape index (κ1) is 12.7. The zero-order valence-electron chi connectivity index (χ0n) is 9.40. The van der Waals surface area contributed by atoms with E-state index in [1.54, 1.807) is 18.0 Å². The van der Waals surface area contributed by atoms with E-state index in [0.717, 1.165) is 24.2 Å². The van der Waals surface area contributed by atoms with Crippen LogP contribution in [0.15, 0.2) is 12.1 Å². The highest BCUT2D eigenvalue weighted by atomic mass is 32.1. The van der Waals surface area contributed by atoms with Crippen LogP contribution >= 0.6 is 11.3 Å². The molecule has 0 atom stereocenters. The van der Waals surface area contributed by atoms with Gasteiger partial charge in [-0.05, 0) is 18.6 Å². The summed E-state index contributed by atoms with van der Waals surface area (Å²) < 4.78 is 0. The number of rotatable bonds is 5. The third-order valence-electron chi connectivity index (χ3n) is 2.22. The third kappa shape index (κ3) is 3.06. The van der Waals surface area contributed by atoms with E-state index in [-0.39, 0.29) is 10.8 Å². The number of aromatic carboxylic acids is 1. The van der Waals surface area contributed by atoms with Gasteiger partial charge in [-0.1, -0.05) is 13.3 Å². The molecule has 1 amide bonds. The minimum absolute atomic E-state index is 0.106. The number of amides is 1. The van der Waals surface area contributed by atoms with Gasteiger partial charge in [0.1, 0.15) is 4.88 Å². The van der Waals surface area contributed by atoms with Crippen LogP contribution in [0.1, 0.15) is 39.1 Å². The summed E-state index contributed by atoms with van der Waals surface area (Å²) in [5.74, 6) is -1.09. The molecule has 0 aliphatic carbocycles. The minimum atomic E-state index is -0.986. The quantitative estimate of drug-likeness (QED) is 0.860. The van der Waals surface area contributed by atoms with Gasteiger partial charge in [-0.3, -0.25) is 4.79 Å². The van der Waals surface area contributed by atoms with Crippen molar-refractivity contribution < 1.29 is 14.7 Å². The number of carboxylic acid groups (broad SMARTS) is 1. The van der Waals surface area contributed by atoms with Gasteiger partial charge in [-0.15, -0.1) is 11.3 Å². The molecule has 1 aromatic heterocycles. The zero-order valence-corrected chi connectivity index (χ0v) is 10.2. The van der Waals surface area contributed by atoms with E-state index in [0.29, 0.717) is 11.4 Å². The highest BCUT2D eigenvalue weighted by Gasteiger charge is 2.15. The van der Waals surface area contributed by atoms with Crippen molar-refractivity contribution in [2.75, 3.05) is 13.6 Å². The molecule has 0 aliphatic heterocycles. The predicted molar refractivity (Wildman–Crippen MR) is 63.1 cm³/mol. The largest absolute Gasteiger partial charge is 0.477 e. The highest BCUT2D eigenvalue weighted by Crippen LogP contribution is 2.18. The molecule has 0 radical (unpaired) electrons.